The van der Waals surface area contributed by atoms with Gasteiger partial charge in [0.15, 0.2) is 0 Å². The van der Waals surface area contributed by atoms with Gasteiger partial charge in [0.1, 0.15) is 11.5 Å². The maximum Gasteiger partial charge on any atom is 0.317 e. The predicted molar refractivity (Wildman–Crippen MR) is 111 cm³/mol. The molecule has 1 spiro atoms. The summed E-state index contributed by atoms with van der Waals surface area (Å²) in [4.78, 5) is 31.0. The summed E-state index contributed by atoms with van der Waals surface area (Å²) in [5.74, 6) is -0.506. The summed E-state index contributed by atoms with van der Waals surface area (Å²) in [6.45, 7) is 4.40. The number of carbonyl (C=O) groups excluding carboxylic acids is 2. The summed E-state index contributed by atoms with van der Waals surface area (Å²) in [6, 6.07) is 8.99. The van der Waals surface area contributed by atoms with Crippen molar-refractivity contribution in [2.24, 2.45) is 11.3 Å². The monoisotopic (exact) mass is 408 g/mol. The molecule has 7 rings (SSSR count). The second-order valence-electron chi connectivity index (χ2n) is 9.64. The van der Waals surface area contributed by atoms with Crippen LogP contribution in [0.3, 0.4) is 0 Å². The number of fused-ring (bicyclic) bond motifs is 2. The first-order chi connectivity index (χ1) is 14.4. The molecule has 4 saturated heterocycles. The maximum absolute atomic E-state index is 13.7. The van der Waals surface area contributed by atoms with Crippen molar-refractivity contribution in [2.75, 3.05) is 25.6 Å². The van der Waals surface area contributed by atoms with E-state index in [9.17, 15) is 9.59 Å². The number of methoxy groups -OCH3 is 1. The van der Waals surface area contributed by atoms with Crippen LogP contribution in [0.2, 0.25) is 0 Å². The Morgan fingerprint density at radius 3 is 2.73 bits per heavy atom. The normalized spacial score (nSPS) is 45.5. The Hall–Kier alpha value is -2.34. The van der Waals surface area contributed by atoms with Crippen LogP contribution in [0, 0.1) is 11.3 Å². The molecule has 30 heavy (non-hydrogen) atoms. The lowest BCUT2D eigenvalue weighted by atomic mass is 9.58. The quantitative estimate of drug-likeness (QED) is 0.553. The van der Waals surface area contributed by atoms with Gasteiger partial charge in [0.05, 0.1) is 18.6 Å². The highest BCUT2D eigenvalue weighted by atomic mass is 16.6. The zero-order valence-corrected chi connectivity index (χ0v) is 17.9. The van der Waals surface area contributed by atoms with Crippen LogP contribution >= 0.6 is 0 Å². The lowest BCUT2D eigenvalue weighted by molar-refractivity contribution is -0.187. The molecule has 1 aromatic rings. The Balaban J connectivity index is 1.69. The van der Waals surface area contributed by atoms with Gasteiger partial charge in [0, 0.05) is 44.2 Å². The molecule has 6 aliphatic rings. The number of ether oxygens (including phenoxy) is 2. The van der Waals surface area contributed by atoms with Crippen LogP contribution in [0.4, 0.5) is 5.69 Å². The van der Waals surface area contributed by atoms with Crippen LogP contribution in [-0.4, -0.2) is 61.8 Å². The van der Waals surface area contributed by atoms with Gasteiger partial charge in [-0.25, -0.2) is 0 Å². The average Bonchev–Trinajstić information content (AvgIpc) is 3.14. The minimum absolute atomic E-state index is 0.0255. The number of likely N-dealkylation sites (N-methyl/N-ethyl adjacent to an activating group) is 1. The molecule has 8 atom stereocenters. The van der Waals surface area contributed by atoms with E-state index in [1.54, 1.807) is 0 Å². The first-order valence-electron chi connectivity index (χ1n) is 10.9. The van der Waals surface area contributed by atoms with Crippen LogP contribution < -0.4 is 4.90 Å². The Kier molecular flexibility index (Phi) is 3.48. The van der Waals surface area contributed by atoms with Crippen molar-refractivity contribution >= 4 is 17.6 Å². The van der Waals surface area contributed by atoms with Gasteiger partial charge in [-0.15, -0.1) is 0 Å². The van der Waals surface area contributed by atoms with E-state index < -0.39 is 16.9 Å². The Morgan fingerprint density at radius 1 is 1.27 bits per heavy atom. The van der Waals surface area contributed by atoms with E-state index >= 15 is 0 Å². The van der Waals surface area contributed by atoms with E-state index in [0.29, 0.717) is 6.04 Å². The molecule has 5 heterocycles. The van der Waals surface area contributed by atoms with Gasteiger partial charge in [-0.1, -0.05) is 29.8 Å². The zero-order valence-electron chi connectivity index (χ0n) is 17.9. The van der Waals surface area contributed by atoms with Crippen LogP contribution in [-0.2, 0) is 24.5 Å². The number of rotatable bonds is 2. The summed E-state index contributed by atoms with van der Waals surface area (Å²) in [6.07, 6.45) is 3.33. The van der Waals surface area contributed by atoms with Gasteiger partial charge in [0.2, 0.25) is 0 Å². The number of para-hydroxylation sites is 1. The van der Waals surface area contributed by atoms with Crippen molar-refractivity contribution in [3.63, 3.8) is 0 Å². The van der Waals surface area contributed by atoms with Gasteiger partial charge in [0.25, 0.3) is 0 Å². The third-order valence-electron chi connectivity index (χ3n) is 8.97. The van der Waals surface area contributed by atoms with Crippen molar-refractivity contribution in [3.8, 4) is 0 Å². The fourth-order valence-corrected chi connectivity index (χ4v) is 8.30. The molecule has 1 unspecified atom stereocenters. The summed E-state index contributed by atoms with van der Waals surface area (Å²) in [5, 5.41) is 0. The standard InChI is InChI=1S/C24H28N2O4/c1-5-14-12-26-18-10-16(14)24(22(28)29-4)19(26)11-23(21(24)30-13(2)27)15-8-6-7-9-17(15)25(3)20(18)23/h5-9,16,18-21H,10-12H2,1-4H3/b14-5+/t16-,18-,19-,20+,21-,23+,24+/m0/s1. The smallest absolute Gasteiger partial charge is 0.317 e. The molecule has 0 radical (unpaired) electrons. The first kappa shape index (κ1) is 18.4. The summed E-state index contributed by atoms with van der Waals surface area (Å²) >= 11 is 0. The fraction of sp³-hybridized carbons (Fsp3) is 0.583. The largest absolute Gasteiger partial charge is 0.468 e. The molecule has 1 aliphatic carbocycles. The number of hydrogen-bond donors (Lipinski definition) is 0. The predicted octanol–water partition coefficient (Wildman–Crippen LogP) is 2.27. The van der Waals surface area contributed by atoms with Crippen molar-refractivity contribution < 1.29 is 19.1 Å². The average molecular weight is 408 g/mol. The Labute approximate surface area is 176 Å². The summed E-state index contributed by atoms with van der Waals surface area (Å²) in [5.41, 5.74) is 2.43. The lowest BCUT2D eigenvalue weighted by Crippen LogP contribution is -2.71. The molecule has 1 saturated carbocycles. The maximum atomic E-state index is 13.7. The van der Waals surface area contributed by atoms with Crippen molar-refractivity contribution in [3.05, 3.63) is 41.5 Å². The molecule has 5 bridgehead atoms. The van der Waals surface area contributed by atoms with Crippen molar-refractivity contribution in [2.45, 2.75) is 56.3 Å². The molecule has 0 amide bonds. The molecule has 6 nitrogen and oxygen atoms in total. The Bertz CT molecular complexity index is 1000. The third kappa shape index (κ3) is 1.71. The second kappa shape index (κ2) is 5.67. The molecule has 1 aromatic carbocycles. The van der Waals surface area contributed by atoms with Gasteiger partial charge in [-0.2, -0.15) is 0 Å². The summed E-state index contributed by atoms with van der Waals surface area (Å²) < 4.78 is 11.7. The molecule has 0 N–H and O–H groups in total. The zero-order chi connectivity index (χ0) is 21.0. The fourth-order valence-electron chi connectivity index (χ4n) is 8.30. The molecular formula is C24H28N2O4. The van der Waals surface area contributed by atoms with E-state index in [2.05, 4.69) is 54.1 Å². The summed E-state index contributed by atoms with van der Waals surface area (Å²) in [7, 11) is 3.63. The topological polar surface area (TPSA) is 59.1 Å². The van der Waals surface area contributed by atoms with Gasteiger partial charge in [-0.3, -0.25) is 14.5 Å². The minimum atomic E-state index is -0.857. The van der Waals surface area contributed by atoms with Gasteiger partial charge in [-0.05, 0) is 31.4 Å². The van der Waals surface area contributed by atoms with Crippen LogP contribution in [0.1, 0.15) is 32.3 Å². The number of piperidine rings is 4. The minimum Gasteiger partial charge on any atom is -0.468 e. The molecule has 6 heteroatoms. The van der Waals surface area contributed by atoms with E-state index in [0.717, 1.165) is 19.4 Å². The molecule has 5 fully saturated rings. The number of allylic oxidation sites excluding steroid dienone is 1. The van der Waals surface area contributed by atoms with E-state index in [-0.39, 0.29) is 29.9 Å². The van der Waals surface area contributed by atoms with Crippen LogP contribution in [0.25, 0.3) is 0 Å². The third-order valence-corrected chi connectivity index (χ3v) is 8.97. The highest BCUT2D eigenvalue weighted by molar-refractivity contribution is 5.85. The number of esters is 2. The molecule has 0 aromatic heterocycles. The van der Waals surface area contributed by atoms with E-state index in [4.69, 9.17) is 9.47 Å². The molecule has 158 valence electrons. The van der Waals surface area contributed by atoms with E-state index in [1.165, 1.54) is 30.9 Å². The number of hydrogen-bond acceptors (Lipinski definition) is 6. The number of anilines is 1. The van der Waals surface area contributed by atoms with Gasteiger partial charge >= 0.3 is 11.9 Å². The van der Waals surface area contributed by atoms with Gasteiger partial charge < -0.3 is 14.4 Å². The SMILES string of the molecule is C/C=C1\CN2[C@H]3C[C@@]45c6ccccc6N(C)[C@@H]4[C@@H]2C[C@@H]1[C@]3(C(=O)OC)[C@H]5OC(C)=O. The highest BCUT2D eigenvalue weighted by Crippen LogP contribution is 2.73. The lowest BCUT2D eigenvalue weighted by Gasteiger charge is -2.61. The van der Waals surface area contributed by atoms with Crippen molar-refractivity contribution in [1.82, 2.24) is 4.90 Å². The van der Waals surface area contributed by atoms with Crippen LogP contribution in [0.15, 0.2) is 35.9 Å². The molecular weight excluding hydrogens is 380 g/mol. The van der Waals surface area contributed by atoms with Crippen molar-refractivity contribution in [1.29, 1.82) is 0 Å². The number of benzene rings is 1. The van der Waals surface area contributed by atoms with E-state index in [1.807, 2.05) is 0 Å². The Morgan fingerprint density at radius 2 is 2.03 bits per heavy atom. The molecule has 5 aliphatic heterocycles. The second-order valence-corrected chi connectivity index (χ2v) is 9.64. The first-order valence-corrected chi connectivity index (χ1v) is 10.9. The highest BCUT2D eigenvalue weighted by Gasteiger charge is 2.84. The number of nitrogens with zero attached hydrogens (tertiary/aromatic N) is 2. The number of carbonyl (C=O) groups is 2. The van der Waals surface area contributed by atoms with Crippen LogP contribution in [0.5, 0.6) is 0 Å².